The van der Waals surface area contributed by atoms with Crippen molar-refractivity contribution in [3.63, 3.8) is 0 Å². The molecule has 43 heavy (non-hydrogen) atoms. The third-order valence-electron chi connectivity index (χ3n) is 7.57. The van der Waals surface area contributed by atoms with Crippen LogP contribution in [0.4, 0.5) is 0 Å². The molecule has 218 valence electrons. The Labute approximate surface area is 257 Å². The normalized spacial score (nSPS) is 18.4. The van der Waals surface area contributed by atoms with Gasteiger partial charge in [-0.15, -0.1) is 5.10 Å². The Morgan fingerprint density at radius 1 is 0.791 bits per heavy atom. The molecule has 4 aromatic carbocycles. The molecular formula is C36H34ClN3O3. The van der Waals surface area contributed by atoms with Crippen molar-refractivity contribution in [1.82, 2.24) is 15.2 Å². The minimum Gasteiger partial charge on any atom is -0.374 e. The highest BCUT2D eigenvalue weighted by atomic mass is 35.5. The summed E-state index contributed by atoms with van der Waals surface area (Å²) in [5.74, 6) is 0.612. The van der Waals surface area contributed by atoms with Crippen LogP contribution in [0, 0.1) is 0 Å². The second kappa shape index (κ2) is 14.5. The molecule has 1 saturated heterocycles. The van der Waals surface area contributed by atoms with Crippen LogP contribution in [-0.2, 0) is 33.8 Å². The minimum atomic E-state index is -0.162. The second-order valence-electron chi connectivity index (χ2n) is 10.8. The van der Waals surface area contributed by atoms with Gasteiger partial charge in [-0.25, -0.2) is 4.98 Å². The monoisotopic (exact) mass is 591 g/mol. The van der Waals surface area contributed by atoms with Gasteiger partial charge in [0.1, 0.15) is 0 Å². The van der Waals surface area contributed by atoms with E-state index < -0.39 is 0 Å². The largest absolute Gasteiger partial charge is 0.374 e. The number of benzene rings is 4. The van der Waals surface area contributed by atoms with E-state index in [0.717, 1.165) is 46.4 Å². The summed E-state index contributed by atoms with van der Waals surface area (Å²) in [5.41, 5.74) is 6.05. The molecule has 0 N–H and O–H groups in total. The molecule has 3 unspecified atom stereocenters. The van der Waals surface area contributed by atoms with Gasteiger partial charge in [0.2, 0.25) is 0 Å². The Balaban J connectivity index is 1.17. The van der Waals surface area contributed by atoms with E-state index in [9.17, 15) is 0 Å². The molecule has 3 atom stereocenters. The van der Waals surface area contributed by atoms with E-state index in [-0.39, 0.29) is 18.3 Å². The first-order chi connectivity index (χ1) is 21.2. The Hall–Kier alpha value is -3.94. The van der Waals surface area contributed by atoms with Crippen molar-refractivity contribution in [3.05, 3.63) is 148 Å². The standard InChI is InChI=1S/C36H34ClN3O3/c37-33-17-16-29(18-30(33)19-36-39-34(22-38-40-36)28-14-8-3-9-15-28)35-21-31(42-24-27-12-6-2-7-13-27)20-32(43-35)25-41-23-26-10-4-1-5-11-26/h1-18,22,31-32,35H,19-21,23-25H2. The molecule has 1 aromatic heterocycles. The molecule has 6 nitrogen and oxygen atoms in total. The fraction of sp³-hybridized carbons (Fsp3) is 0.250. The average molecular weight is 592 g/mol. The van der Waals surface area contributed by atoms with Gasteiger partial charge in [-0.3, -0.25) is 0 Å². The van der Waals surface area contributed by atoms with Crippen LogP contribution in [0.15, 0.2) is 115 Å². The number of nitrogens with zero attached hydrogens (tertiary/aromatic N) is 3. The summed E-state index contributed by atoms with van der Waals surface area (Å²) in [5, 5.41) is 9.16. The van der Waals surface area contributed by atoms with Crippen LogP contribution < -0.4 is 0 Å². The van der Waals surface area contributed by atoms with Gasteiger partial charge in [-0.2, -0.15) is 5.10 Å². The summed E-state index contributed by atoms with van der Waals surface area (Å²) in [6.45, 7) is 1.59. The number of halogens is 1. The van der Waals surface area contributed by atoms with Crippen LogP contribution in [0.5, 0.6) is 0 Å². The number of ether oxygens (including phenoxy) is 3. The molecule has 0 spiro atoms. The zero-order chi connectivity index (χ0) is 29.3. The van der Waals surface area contributed by atoms with Crippen molar-refractivity contribution in [2.24, 2.45) is 0 Å². The lowest BCUT2D eigenvalue weighted by molar-refractivity contribution is -0.142. The summed E-state index contributed by atoms with van der Waals surface area (Å²) < 4.78 is 19.2. The van der Waals surface area contributed by atoms with E-state index in [1.807, 2.05) is 78.9 Å². The number of rotatable bonds is 11. The van der Waals surface area contributed by atoms with Crippen LogP contribution in [0.25, 0.3) is 11.3 Å². The molecule has 1 aliphatic heterocycles. The van der Waals surface area contributed by atoms with Gasteiger partial charge in [0.25, 0.3) is 0 Å². The van der Waals surface area contributed by atoms with Crippen molar-refractivity contribution in [2.45, 2.75) is 50.8 Å². The average Bonchev–Trinajstić information content (AvgIpc) is 3.06. The maximum Gasteiger partial charge on any atom is 0.156 e. The molecular weight excluding hydrogens is 558 g/mol. The molecule has 5 aromatic rings. The third-order valence-corrected chi connectivity index (χ3v) is 7.93. The van der Waals surface area contributed by atoms with Crippen molar-refractivity contribution >= 4 is 11.6 Å². The van der Waals surface area contributed by atoms with Gasteiger partial charge in [-0.1, -0.05) is 115 Å². The van der Waals surface area contributed by atoms with Crippen molar-refractivity contribution in [3.8, 4) is 11.3 Å². The highest BCUT2D eigenvalue weighted by Crippen LogP contribution is 2.35. The SMILES string of the molecule is Clc1ccc(C2CC(OCc3ccccc3)CC(COCc3ccccc3)O2)cc1Cc1nncc(-c2ccccc2)n1. The molecule has 0 aliphatic carbocycles. The highest BCUT2D eigenvalue weighted by Gasteiger charge is 2.32. The van der Waals surface area contributed by atoms with E-state index in [1.54, 1.807) is 6.20 Å². The Morgan fingerprint density at radius 2 is 1.49 bits per heavy atom. The maximum atomic E-state index is 6.68. The summed E-state index contributed by atoms with van der Waals surface area (Å²) in [4.78, 5) is 4.76. The fourth-order valence-electron chi connectivity index (χ4n) is 5.36. The van der Waals surface area contributed by atoms with Crippen molar-refractivity contribution < 1.29 is 14.2 Å². The molecule has 0 amide bonds. The molecule has 6 rings (SSSR count). The van der Waals surface area contributed by atoms with Gasteiger partial charge in [0.05, 0.1) is 50.0 Å². The Bertz CT molecular complexity index is 1590. The molecule has 7 heteroatoms. The van der Waals surface area contributed by atoms with E-state index >= 15 is 0 Å². The predicted octanol–water partition coefficient (Wildman–Crippen LogP) is 7.81. The molecule has 0 bridgehead atoms. The molecule has 0 saturated carbocycles. The highest BCUT2D eigenvalue weighted by molar-refractivity contribution is 6.31. The summed E-state index contributed by atoms with van der Waals surface area (Å²) >= 11 is 6.68. The summed E-state index contributed by atoms with van der Waals surface area (Å²) in [7, 11) is 0. The maximum absolute atomic E-state index is 6.68. The molecule has 1 aliphatic rings. The van der Waals surface area contributed by atoms with E-state index in [4.69, 9.17) is 30.8 Å². The van der Waals surface area contributed by atoms with Crippen LogP contribution in [-0.4, -0.2) is 34.0 Å². The summed E-state index contributed by atoms with van der Waals surface area (Å²) in [6.07, 6.45) is 3.42. The van der Waals surface area contributed by atoms with Crippen LogP contribution in [0.3, 0.4) is 0 Å². The first kappa shape index (κ1) is 29.1. The van der Waals surface area contributed by atoms with Gasteiger partial charge in [0, 0.05) is 29.8 Å². The van der Waals surface area contributed by atoms with Crippen molar-refractivity contribution in [2.75, 3.05) is 6.61 Å². The molecule has 2 heterocycles. The van der Waals surface area contributed by atoms with Gasteiger partial charge in [0.15, 0.2) is 5.82 Å². The predicted molar refractivity (Wildman–Crippen MR) is 167 cm³/mol. The van der Waals surface area contributed by atoms with E-state index in [1.165, 1.54) is 0 Å². The zero-order valence-electron chi connectivity index (χ0n) is 23.9. The number of hydrogen-bond donors (Lipinski definition) is 0. The van der Waals surface area contributed by atoms with Crippen LogP contribution in [0.2, 0.25) is 5.02 Å². The third kappa shape index (κ3) is 8.12. The quantitative estimate of drug-likeness (QED) is 0.156. The second-order valence-corrected chi connectivity index (χ2v) is 11.2. The molecule has 1 fully saturated rings. The Morgan fingerprint density at radius 3 is 2.23 bits per heavy atom. The van der Waals surface area contributed by atoms with Crippen LogP contribution >= 0.6 is 11.6 Å². The van der Waals surface area contributed by atoms with Gasteiger partial charge >= 0.3 is 0 Å². The lowest BCUT2D eigenvalue weighted by Crippen LogP contribution is -2.35. The summed E-state index contributed by atoms with van der Waals surface area (Å²) in [6, 6.07) is 36.5. The fourth-order valence-corrected chi connectivity index (χ4v) is 5.55. The first-order valence-electron chi connectivity index (χ1n) is 14.6. The minimum absolute atomic E-state index is 0.0264. The van der Waals surface area contributed by atoms with E-state index in [0.29, 0.717) is 37.1 Å². The molecule has 0 radical (unpaired) electrons. The van der Waals surface area contributed by atoms with Gasteiger partial charge < -0.3 is 14.2 Å². The number of hydrogen-bond acceptors (Lipinski definition) is 6. The lowest BCUT2D eigenvalue weighted by atomic mass is 9.94. The lowest BCUT2D eigenvalue weighted by Gasteiger charge is -2.36. The number of aromatic nitrogens is 3. The van der Waals surface area contributed by atoms with Crippen LogP contribution in [0.1, 0.15) is 47.0 Å². The zero-order valence-corrected chi connectivity index (χ0v) is 24.6. The van der Waals surface area contributed by atoms with Crippen molar-refractivity contribution in [1.29, 1.82) is 0 Å². The smallest absolute Gasteiger partial charge is 0.156 e. The Kier molecular flexibility index (Phi) is 9.82. The van der Waals surface area contributed by atoms with E-state index in [2.05, 4.69) is 40.5 Å². The van der Waals surface area contributed by atoms with Gasteiger partial charge in [-0.05, 0) is 28.3 Å². The topological polar surface area (TPSA) is 66.4 Å². The first-order valence-corrected chi connectivity index (χ1v) is 15.0.